The number of nitrogens with one attached hydrogen (secondary N) is 2. The number of halogens is 3. The molecule has 3 aromatic carbocycles. The highest BCUT2D eigenvalue weighted by atomic mass is 79.9. The molecule has 0 saturated carbocycles. The molecule has 2 N–H and O–H groups in total. The van der Waals surface area contributed by atoms with Crippen LogP contribution < -0.4 is 10.6 Å². The fourth-order valence-electron chi connectivity index (χ4n) is 3.54. The van der Waals surface area contributed by atoms with Gasteiger partial charge < -0.3 is 10.6 Å². The second-order valence-corrected chi connectivity index (χ2v) is 9.71. The molecule has 0 bridgehead atoms. The molecule has 0 atom stereocenters. The molecule has 4 rings (SSSR count). The van der Waals surface area contributed by atoms with Crippen molar-refractivity contribution < 1.29 is 14.4 Å². The van der Waals surface area contributed by atoms with Crippen LogP contribution in [-0.2, 0) is 22.7 Å². The molecule has 9 heteroatoms. The smallest absolute Gasteiger partial charge is 0.278 e. The summed E-state index contributed by atoms with van der Waals surface area (Å²) < 4.78 is 0.940. The molecule has 1 aliphatic heterocycles. The average molecular weight is 573 g/mol. The predicted molar refractivity (Wildman–Crippen MR) is 140 cm³/mol. The van der Waals surface area contributed by atoms with Crippen molar-refractivity contribution in [3.63, 3.8) is 0 Å². The average Bonchev–Trinajstić information content (AvgIpc) is 3.04. The first kappa shape index (κ1) is 25.0. The molecule has 1 aliphatic rings. The van der Waals surface area contributed by atoms with E-state index in [0.29, 0.717) is 10.6 Å². The number of imide groups is 1. The molecule has 3 amide bonds. The summed E-state index contributed by atoms with van der Waals surface area (Å²) in [7, 11) is 0. The highest BCUT2D eigenvalue weighted by Crippen LogP contribution is 2.25. The maximum Gasteiger partial charge on any atom is 0.278 e. The molecule has 0 aliphatic carbocycles. The molecule has 0 radical (unpaired) electrons. The van der Waals surface area contributed by atoms with Crippen LogP contribution in [0.1, 0.15) is 27.0 Å². The summed E-state index contributed by atoms with van der Waals surface area (Å²) >= 11 is 15.5. The molecule has 0 unspecified atom stereocenters. The first-order chi connectivity index (χ1) is 16.7. The Labute approximate surface area is 221 Å². The van der Waals surface area contributed by atoms with Gasteiger partial charge in [-0.05, 0) is 66.1 Å². The Bertz CT molecular complexity index is 1340. The molecule has 35 heavy (non-hydrogen) atoms. The van der Waals surface area contributed by atoms with E-state index in [1.165, 1.54) is 0 Å². The summed E-state index contributed by atoms with van der Waals surface area (Å²) in [4.78, 5) is 39.0. The highest BCUT2D eigenvalue weighted by molar-refractivity contribution is 9.10. The van der Waals surface area contributed by atoms with Crippen LogP contribution in [0.3, 0.4) is 0 Å². The summed E-state index contributed by atoms with van der Waals surface area (Å²) in [6.07, 6.45) is 0. The van der Waals surface area contributed by atoms with Gasteiger partial charge >= 0.3 is 0 Å². The maximum atomic E-state index is 12.8. The minimum atomic E-state index is -0.552. The first-order valence-corrected chi connectivity index (χ1v) is 12.2. The van der Waals surface area contributed by atoms with Gasteiger partial charge in [0, 0.05) is 27.3 Å². The lowest BCUT2D eigenvalue weighted by Crippen LogP contribution is -2.33. The van der Waals surface area contributed by atoms with E-state index in [9.17, 15) is 14.4 Å². The second-order valence-electron chi connectivity index (χ2n) is 7.98. The molecule has 178 valence electrons. The van der Waals surface area contributed by atoms with Gasteiger partial charge in [-0.3, -0.25) is 19.3 Å². The molecular weight excluding hydrogens is 553 g/mol. The zero-order valence-electron chi connectivity index (χ0n) is 18.6. The third-order valence-corrected chi connectivity index (χ3v) is 6.58. The minimum Gasteiger partial charge on any atom is -0.375 e. The summed E-state index contributed by atoms with van der Waals surface area (Å²) in [5.41, 5.74) is 3.80. The van der Waals surface area contributed by atoms with Crippen molar-refractivity contribution in [1.29, 1.82) is 0 Å². The second kappa shape index (κ2) is 10.6. The molecule has 0 saturated heterocycles. The number of carbonyl (C=O) groups is 3. The van der Waals surface area contributed by atoms with E-state index < -0.39 is 11.8 Å². The van der Waals surface area contributed by atoms with Crippen LogP contribution in [0.5, 0.6) is 0 Å². The Morgan fingerprint density at radius 2 is 1.57 bits per heavy atom. The predicted octanol–water partition coefficient (Wildman–Crippen LogP) is 5.77. The van der Waals surface area contributed by atoms with Gasteiger partial charge in [-0.25, -0.2) is 0 Å². The highest BCUT2D eigenvalue weighted by Gasteiger charge is 2.37. The number of amides is 3. The van der Waals surface area contributed by atoms with Gasteiger partial charge in [0.2, 0.25) is 0 Å². The Balaban J connectivity index is 1.37. The normalized spacial score (nSPS) is 13.4. The zero-order valence-corrected chi connectivity index (χ0v) is 21.7. The van der Waals surface area contributed by atoms with Crippen LogP contribution in [-0.4, -0.2) is 22.6 Å². The number of hydrogen-bond acceptors (Lipinski definition) is 4. The van der Waals surface area contributed by atoms with Gasteiger partial charge in [0.25, 0.3) is 17.7 Å². The van der Waals surface area contributed by atoms with Gasteiger partial charge in [-0.2, -0.15) is 0 Å². The zero-order chi connectivity index (χ0) is 25.1. The Morgan fingerprint density at radius 3 is 2.23 bits per heavy atom. The lowest BCUT2D eigenvalue weighted by Gasteiger charge is -2.15. The standard InChI is InChI=1S/C26H20BrCl2N3O3/c1-15-12-19(27)8-11-21(15)31-24(33)18-6-2-16(3-7-18)13-30-23-22(29)25(34)32(26(23)35)14-17-4-9-20(28)10-5-17/h2-12,30H,13-14H2,1H3,(H,31,33). The van der Waals surface area contributed by atoms with E-state index in [-0.39, 0.29) is 29.7 Å². The van der Waals surface area contributed by atoms with Crippen molar-refractivity contribution in [3.05, 3.63) is 109 Å². The minimum absolute atomic E-state index is 0.0539. The number of benzene rings is 3. The van der Waals surface area contributed by atoms with Crippen LogP contribution in [0.25, 0.3) is 0 Å². The van der Waals surface area contributed by atoms with E-state index in [1.54, 1.807) is 48.5 Å². The molecule has 1 heterocycles. The van der Waals surface area contributed by atoms with Crippen molar-refractivity contribution in [2.45, 2.75) is 20.0 Å². The van der Waals surface area contributed by atoms with Gasteiger partial charge in [0.15, 0.2) is 0 Å². The number of anilines is 1. The van der Waals surface area contributed by atoms with Crippen LogP contribution in [0, 0.1) is 6.92 Å². The topological polar surface area (TPSA) is 78.5 Å². The fourth-order valence-corrected chi connectivity index (χ4v) is 4.39. The van der Waals surface area contributed by atoms with Crippen molar-refractivity contribution in [2.75, 3.05) is 5.32 Å². The third kappa shape index (κ3) is 5.75. The first-order valence-electron chi connectivity index (χ1n) is 10.6. The van der Waals surface area contributed by atoms with E-state index in [4.69, 9.17) is 23.2 Å². The summed E-state index contributed by atoms with van der Waals surface area (Å²) in [6, 6.07) is 19.5. The van der Waals surface area contributed by atoms with E-state index in [2.05, 4.69) is 26.6 Å². The van der Waals surface area contributed by atoms with Gasteiger partial charge in [-0.15, -0.1) is 0 Å². The number of nitrogens with zero attached hydrogens (tertiary/aromatic N) is 1. The molecule has 0 aromatic heterocycles. The van der Waals surface area contributed by atoms with Crippen molar-refractivity contribution >= 4 is 62.5 Å². The Kier molecular flexibility index (Phi) is 7.60. The lowest BCUT2D eigenvalue weighted by molar-refractivity contribution is -0.138. The van der Waals surface area contributed by atoms with E-state index in [0.717, 1.165) is 31.8 Å². The van der Waals surface area contributed by atoms with Crippen LogP contribution in [0.15, 0.2) is 81.9 Å². The molecular formula is C26H20BrCl2N3O3. The Morgan fingerprint density at radius 1 is 0.914 bits per heavy atom. The Hall–Kier alpha value is -3.13. The van der Waals surface area contributed by atoms with E-state index >= 15 is 0 Å². The van der Waals surface area contributed by atoms with Crippen LogP contribution in [0.2, 0.25) is 5.02 Å². The quantitative estimate of drug-likeness (QED) is 0.352. The summed E-state index contributed by atoms with van der Waals surface area (Å²) in [5, 5.41) is 6.28. The van der Waals surface area contributed by atoms with Gasteiger partial charge in [-0.1, -0.05) is 63.4 Å². The monoisotopic (exact) mass is 571 g/mol. The molecule has 0 spiro atoms. The summed E-state index contributed by atoms with van der Waals surface area (Å²) in [6.45, 7) is 2.27. The lowest BCUT2D eigenvalue weighted by atomic mass is 10.1. The van der Waals surface area contributed by atoms with E-state index in [1.807, 2.05) is 25.1 Å². The molecule has 0 fully saturated rings. The van der Waals surface area contributed by atoms with Crippen molar-refractivity contribution in [3.8, 4) is 0 Å². The van der Waals surface area contributed by atoms with Crippen molar-refractivity contribution in [1.82, 2.24) is 10.2 Å². The largest absolute Gasteiger partial charge is 0.375 e. The van der Waals surface area contributed by atoms with Crippen LogP contribution in [0.4, 0.5) is 5.69 Å². The molecule has 3 aromatic rings. The van der Waals surface area contributed by atoms with Crippen molar-refractivity contribution in [2.24, 2.45) is 0 Å². The SMILES string of the molecule is Cc1cc(Br)ccc1NC(=O)c1ccc(CNC2=C(Cl)C(=O)N(Cc3ccc(Cl)cc3)C2=O)cc1. The van der Waals surface area contributed by atoms with Crippen LogP contribution >= 0.6 is 39.1 Å². The number of carbonyl (C=O) groups excluding carboxylic acids is 3. The number of hydrogen-bond donors (Lipinski definition) is 2. The third-order valence-electron chi connectivity index (χ3n) is 5.49. The van der Waals surface area contributed by atoms with Gasteiger partial charge in [0.1, 0.15) is 10.7 Å². The fraction of sp³-hybridized carbons (Fsp3) is 0.115. The maximum absolute atomic E-state index is 12.8. The number of aryl methyl sites for hydroxylation is 1. The molecule has 6 nitrogen and oxygen atoms in total. The summed E-state index contributed by atoms with van der Waals surface area (Å²) in [5.74, 6) is -1.27. The van der Waals surface area contributed by atoms with Gasteiger partial charge in [0.05, 0.1) is 6.54 Å². The number of rotatable bonds is 7.